The van der Waals surface area contributed by atoms with Gasteiger partial charge in [0.05, 0.1) is 25.0 Å². The highest BCUT2D eigenvalue weighted by atomic mass is 35.5. The monoisotopic (exact) mass is 308 g/mol. The van der Waals surface area contributed by atoms with Crippen LogP contribution in [0.1, 0.15) is 5.56 Å². The minimum absolute atomic E-state index is 0.149. The third-order valence-electron chi connectivity index (χ3n) is 2.97. The Bertz CT molecular complexity index is 631. The van der Waals surface area contributed by atoms with E-state index in [0.29, 0.717) is 25.4 Å². The molecule has 0 radical (unpaired) electrons. The molecule has 0 aliphatic rings. The van der Waals surface area contributed by atoms with E-state index < -0.39 is 0 Å². The molecular weight excluding hydrogens is 292 g/mol. The van der Waals surface area contributed by atoms with E-state index in [9.17, 15) is 4.79 Å². The van der Waals surface area contributed by atoms with Gasteiger partial charge in [-0.15, -0.1) is 0 Å². The van der Waals surface area contributed by atoms with Crippen LogP contribution in [-0.4, -0.2) is 35.0 Å². The second kappa shape index (κ2) is 7.75. The van der Waals surface area contributed by atoms with Crippen LogP contribution in [0.3, 0.4) is 0 Å². The fourth-order valence-corrected chi connectivity index (χ4v) is 2.03. The highest BCUT2D eigenvalue weighted by Crippen LogP contribution is 2.15. The number of pyridine rings is 1. The van der Waals surface area contributed by atoms with Crippen LogP contribution in [0.15, 0.2) is 35.5 Å². The predicted molar refractivity (Wildman–Crippen MR) is 81.8 cm³/mol. The van der Waals surface area contributed by atoms with Crippen LogP contribution in [0.2, 0.25) is 5.02 Å². The molecule has 0 bridgehead atoms. The van der Waals surface area contributed by atoms with Crippen molar-refractivity contribution in [3.8, 4) is 0 Å². The Morgan fingerprint density at radius 3 is 2.86 bits per heavy atom. The number of methoxy groups -OCH3 is 1. The lowest BCUT2D eigenvalue weighted by molar-refractivity contribution is 0.182. The highest BCUT2D eigenvalue weighted by molar-refractivity contribution is 6.32. The van der Waals surface area contributed by atoms with Crippen molar-refractivity contribution in [3.63, 3.8) is 0 Å². The minimum atomic E-state index is -0.317. The van der Waals surface area contributed by atoms with Gasteiger partial charge >= 0.3 is 0 Å². The molecule has 0 fully saturated rings. The molecule has 2 rings (SSSR count). The zero-order valence-electron chi connectivity index (χ0n) is 11.8. The quantitative estimate of drug-likeness (QED) is 0.841. The summed E-state index contributed by atoms with van der Waals surface area (Å²) >= 11 is 6.07. The summed E-state index contributed by atoms with van der Waals surface area (Å²) < 4.78 is 6.21. The van der Waals surface area contributed by atoms with Gasteiger partial charge in [0, 0.05) is 26.0 Å². The molecule has 0 aliphatic carbocycles. The van der Waals surface area contributed by atoms with Crippen LogP contribution in [0.25, 0.3) is 0 Å². The Kier molecular flexibility index (Phi) is 5.71. The van der Waals surface area contributed by atoms with Crippen LogP contribution in [0.4, 0.5) is 5.69 Å². The molecule has 0 aromatic carbocycles. The molecule has 0 atom stereocenters. The van der Waals surface area contributed by atoms with Crippen LogP contribution in [0, 0.1) is 0 Å². The molecule has 0 amide bonds. The Morgan fingerprint density at radius 1 is 1.38 bits per heavy atom. The number of nitrogens with zero attached hydrogens (tertiary/aromatic N) is 3. The molecule has 1 N–H and O–H groups in total. The normalized spacial score (nSPS) is 10.6. The summed E-state index contributed by atoms with van der Waals surface area (Å²) in [6.45, 7) is 1.46. The molecule has 0 spiro atoms. The van der Waals surface area contributed by atoms with Gasteiger partial charge in [0.2, 0.25) is 0 Å². The number of aromatic nitrogens is 3. The van der Waals surface area contributed by atoms with E-state index in [1.54, 1.807) is 25.7 Å². The molecule has 6 nitrogen and oxygen atoms in total. The molecule has 0 aliphatic heterocycles. The molecule has 21 heavy (non-hydrogen) atoms. The first kappa shape index (κ1) is 15.5. The number of ether oxygens (including phenoxy) is 1. The maximum absolute atomic E-state index is 12.0. The average molecular weight is 309 g/mol. The molecule has 0 unspecified atom stereocenters. The molecule has 2 aromatic heterocycles. The van der Waals surface area contributed by atoms with E-state index in [1.807, 2.05) is 12.1 Å². The maximum Gasteiger partial charge on any atom is 0.287 e. The summed E-state index contributed by atoms with van der Waals surface area (Å²) in [6, 6.07) is 3.90. The topological polar surface area (TPSA) is 69.0 Å². The van der Waals surface area contributed by atoms with Crippen molar-refractivity contribution in [1.29, 1.82) is 0 Å². The van der Waals surface area contributed by atoms with Gasteiger partial charge in [0.1, 0.15) is 5.02 Å². The van der Waals surface area contributed by atoms with Gasteiger partial charge in [0.15, 0.2) is 0 Å². The molecule has 2 heterocycles. The molecule has 0 saturated heterocycles. The van der Waals surface area contributed by atoms with Gasteiger partial charge in [0.25, 0.3) is 5.56 Å². The molecule has 0 saturated carbocycles. The summed E-state index contributed by atoms with van der Waals surface area (Å²) in [6.07, 6.45) is 5.87. The first-order valence-corrected chi connectivity index (χ1v) is 6.97. The Hall–Kier alpha value is -1.92. The van der Waals surface area contributed by atoms with Crippen molar-refractivity contribution in [2.24, 2.45) is 0 Å². The number of hydrogen-bond donors (Lipinski definition) is 1. The van der Waals surface area contributed by atoms with Crippen LogP contribution < -0.4 is 10.9 Å². The Morgan fingerprint density at radius 2 is 2.14 bits per heavy atom. The SMILES string of the molecule is COCCn1ncc(NCCc2ccncc2)c(Cl)c1=O. The second-order valence-corrected chi connectivity index (χ2v) is 4.80. The number of nitrogens with one attached hydrogen (secondary N) is 1. The second-order valence-electron chi connectivity index (χ2n) is 4.43. The van der Waals surface area contributed by atoms with E-state index >= 15 is 0 Å². The van der Waals surface area contributed by atoms with E-state index in [-0.39, 0.29) is 10.6 Å². The lowest BCUT2D eigenvalue weighted by Gasteiger charge is -2.10. The van der Waals surface area contributed by atoms with Crippen molar-refractivity contribution < 1.29 is 4.74 Å². The van der Waals surface area contributed by atoms with E-state index in [4.69, 9.17) is 16.3 Å². The summed E-state index contributed by atoms with van der Waals surface area (Å²) in [4.78, 5) is 16.0. The van der Waals surface area contributed by atoms with Crippen molar-refractivity contribution in [2.75, 3.05) is 25.6 Å². The van der Waals surface area contributed by atoms with Gasteiger partial charge < -0.3 is 10.1 Å². The fraction of sp³-hybridized carbons (Fsp3) is 0.357. The standard InChI is InChI=1S/C14H17ClN4O2/c1-21-9-8-19-14(20)13(15)12(10-18-19)17-7-4-11-2-5-16-6-3-11/h2-3,5-6,10,17H,4,7-9H2,1H3. The molecule has 112 valence electrons. The summed E-state index contributed by atoms with van der Waals surface area (Å²) in [7, 11) is 1.57. The van der Waals surface area contributed by atoms with Crippen molar-refractivity contribution in [1.82, 2.24) is 14.8 Å². The number of hydrogen-bond acceptors (Lipinski definition) is 5. The maximum atomic E-state index is 12.0. The first-order chi connectivity index (χ1) is 10.2. The zero-order valence-corrected chi connectivity index (χ0v) is 12.5. The molecule has 2 aromatic rings. The third kappa shape index (κ3) is 4.27. The lowest BCUT2D eigenvalue weighted by atomic mass is 10.2. The van der Waals surface area contributed by atoms with Gasteiger partial charge in [-0.2, -0.15) is 5.10 Å². The first-order valence-electron chi connectivity index (χ1n) is 6.59. The zero-order chi connectivity index (χ0) is 15.1. The highest BCUT2D eigenvalue weighted by Gasteiger charge is 2.08. The van der Waals surface area contributed by atoms with Crippen LogP contribution in [-0.2, 0) is 17.7 Å². The van der Waals surface area contributed by atoms with Crippen molar-refractivity contribution in [3.05, 3.63) is 51.7 Å². The molecule has 7 heteroatoms. The van der Waals surface area contributed by atoms with E-state index in [2.05, 4.69) is 15.4 Å². The van der Waals surface area contributed by atoms with Gasteiger partial charge in [-0.05, 0) is 24.1 Å². The minimum Gasteiger partial charge on any atom is -0.383 e. The van der Waals surface area contributed by atoms with Gasteiger partial charge in [-0.1, -0.05) is 11.6 Å². The Balaban J connectivity index is 1.97. The van der Waals surface area contributed by atoms with Crippen molar-refractivity contribution in [2.45, 2.75) is 13.0 Å². The van der Waals surface area contributed by atoms with Gasteiger partial charge in [-0.3, -0.25) is 9.78 Å². The predicted octanol–water partition coefficient (Wildman–Crippen LogP) is 1.59. The summed E-state index contributed by atoms with van der Waals surface area (Å²) in [5.41, 5.74) is 1.39. The van der Waals surface area contributed by atoms with E-state index in [1.165, 1.54) is 4.68 Å². The number of anilines is 1. The third-order valence-corrected chi connectivity index (χ3v) is 3.34. The number of rotatable bonds is 7. The fourth-order valence-electron chi connectivity index (χ4n) is 1.82. The van der Waals surface area contributed by atoms with Crippen molar-refractivity contribution >= 4 is 17.3 Å². The lowest BCUT2D eigenvalue weighted by Crippen LogP contribution is -2.26. The molecular formula is C14H17ClN4O2. The largest absolute Gasteiger partial charge is 0.383 e. The van der Waals surface area contributed by atoms with Crippen LogP contribution >= 0.6 is 11.6 Å². The average Bonchev–Trinajstić information content (AvgIpc) is 2.52. The smallest absolute Gasteiger partial charge is 0.287 e. The van der Waals surface area contributed by atoms with Crippen LogP contribution in [0.5, 0.6) is 0 Å². The number of halogens is 1. The Labute approximate surface area is 127 Å². The van der Waals surface area contributed by atoms with Gasteiger partial charge in [-0.25, -0.2) is 4.68 Å². The van der Waals surface area contributed by atoms with E-state index in [0.717, 1.165) is 12.0 Å². The summed E-state index contributed by atoms with van der Waals surface area (Å²) in [5.74, 6) is 0. The summed E-state index contributed by atoms with van der Waals surface area (Å²) in [5, 5.41) is 7.34.